The number of ether oxygens (including phenoxy) is 1. The highest BCUT2D eigenvalue weighted by molar-refractivity contribution is 5.85. The molecule has 5 saturated carbocycles. The van der Waals surface area contributed by atoms with Crippen molar-refractivity contribution in [1.82, 2.24) is 0 Å². The average Bonchev–Trinajstić information content (AvgIpc) is 3.10. The van der Waals surface area contributed by atoms with Crippen molar-refractivity contribution < 1.29 is 19.4 Å². The zero-order chi connectivity index (χ0) is 26.7. The van der Waals surface area contributed by atoms with Crippen molar-refractivity contribution in [2.24, 2.45) is 56.7 Å². The molecule has 36 heavy (non-hydrogen) atoms. The molecule has 5 rings (SSSR count). The van der Waals surface area contributed by atoms with Crippen LogP contribution in [-0.4, -0.2) is 28.6 Å². The van der Waals surface area contributed by atoms with Crippen LogP contribution in [0.3, 0.4) is 0 Å². The van der Waals surface area contributed by atoms with E-state index in [1.165, 1.54) is 19.3 Å². The molecule has 0 saturated heterocycles. The molecule has 5 aliphatic carbocycles. The maximum Gasteiger partial charge on any atom is 0.302 e. The first-order valence-corrected chi connectivity index (χ1v) is 14.8. The molecule has 0 aliphatic heterocycles. The molecular formula is C32H52O4. The molecule has 0 radical (unpaired) electrons. The van der Waals surface area contributed by atoms with Gasteiger partial charge in [-0.25, -0.2) is 0 Å². The summed E-state index contributed by atoms with van der Waals surface area (Å²) in [6.45, 7) is 20.0. The second-order valence-electron chi connectivity index (χ2n) is 16.0. The highest BCUT2D eigenvalue weighted by atomic mass is 16.5. The van der Waals surface area contributed by atoms with Crippen LogP contribution in [-0.2, 0) is 14.3 Å². The zero-order valence-corrected chi connectivity index (χ0v) is 24.5. The number of carbonyl (C=O) groups is 2. The number of hydrogen-bond donors (Lipinski definition) is 1. The number of esters is 1. The highest BCUT2D eigenvalue weighted by Crippen LogP contribution is 2.77. The maximum atomic E-state index is 13.1. The van der Waals surface area contributed by atoms with E-state index in [-0.39, 0.29) is 51.0 Å². The van der Waals surface area contributed by atoms with Gasteiger partial charge in [0, 0.05) is 24.7 Å². The van der Waals surface area contributed by atoms with Crippen LogP contribution in [0.5, 0.6) is 0 Å². The fourth-order valence-electron chi connectivity index (χ4n) is 11.9. The summed E-state index contributed by atoms with van der Waals surface area (Å²) in [5.41, 5.74) is -0.635. The molecule has 1 unspecified atom stereocenters. The van der Waals surface area contributed by atoms with Crippen LogP contribution < -0.4 is 0 Å². The molecule has 204 valence electrons. The third-order valence-electron chi connectivity index (χ3n) is 13.7. The lowest BCUT2D eigenvalue weighted by molar-refractivity contribution is -0.271. The van der Waals surface area contributed by atoms with Crippen LogP contribution in [0.25, 0.3) is 0 Å². The molecule has 4 heteroatoms. The topological polar surface area (TPSA) is 63.6 Å². The van der Waals surface area contributed by atoms with Crippen LogP contribution in [0.4, 0.5) is 0 Å². The molecule has 0 aromatic carbocycles. The Morgan fingerprint density at radius 3 is 2.22 bits per heavy atom. The summed E-state index contributed by atoms with van der Waals surface area (Å²) in [4.78, 5) is 25.7. The van der Waals surface area contributed by atoms with Gasteiger partial charge in [-0.15, -0.1) is 0 Å². The van der Waals surface area contributed by atoms with E-state index in [1.54, 1.807) is 6.92 Å². The molecule has 4 nitrogen and oxygen atoms in total. The number of ketones is 1. The summed E-state index contributed by atoms with van der Waals surface area (Å²) in [6, 6.07) is 0. The van der Waals surface area contributed by atoms with E-state index in [9.17, 15) is 14.7 Å². The normalized spacial score (nSPS) is 52.0. The van der Waals surface area contributed by atoms with Crippen molar-refractivity contribution >= 4 is 11.8 Å². The molecule has 1 N–H and O–H groups in total. The van der Waals surface area contributed by atoms with Crippen molar-refractivity contribution in [2.45, 2.75) is 132 Å². The van der Waals surface area contributed by atoms with E-state index in [2.05, 4.69) is 41.5 Å². The van der Waals surface area contributed by atoms with Gasteiger partial charge in [-0.1, -0.05) is 41.5 Å². The third kappa shape index (κ3) is 3.34. The van der Waals surface area contributed by atoms with Gasteiger partial charge in [-0.05, 0) is 111 Å². The number of Topliss-reactive ketones (excluding diaryl/α,β-unsaturated/α-hetero) is 1. The highest BCUT2D eigenvalue weighted by Gasteiger charge is 2.73. The molecule has 0 spiro atoms. The van der Waals surface area contributed by atoms with Gasteiger partial charge in [0.2, 0.25) is 0 Å². The Morgan fingerprint density at radius 1 is 0.944 bits per heavy atom. The summed E-state index contributed by atoms with van der Waals surface area (Å²) in [5, 5.41) is 11.3. The van der Waals surface area contributed by atoms with Gasteiger partial charge in [0.05, 0.1) is 5.60 Å². The van der Waals surface area contributed by atoms with Gasteiger partial charge < -0.3 is 9.84 Å². The molecule has 0 heterocycles. The van der Waals surface area contributed by atoms with E-state index in [0.29, 0.717) is 30.0 Å². The first kappa shape index (κ1) is 26.7. The molecule has 5 fully saturated rings. The molecule has 0 aromatic heterocycles. The third-order valence-corrected chi connectivity index (χ3v) is 13.7. The monoisotopic (exact) mass is 500 g/mol. The Balaban J connectivity index is 1.64. The van der Waals surface area contributed by atoms with E-state index in [1.807, 2.05) is 13.8 Å². The summed E-state index contributed by atoms with van der Waals surface area (Å²) >= 11 is 0. The maximum absolute atomic E-state index is 13.1. The van der Waals surface area contributed by atoms with Crippen molar-refractivity contribution in [2.75, 3.05) is 0 Å². The van der Waals surface area contributed by atoms with Gasteiger partial charge in [-0.2, -0.15) is 0 Å². The minimum Gasteiger partial charge on any atom is -0.462 e. The standard InChI is InChI=1S/C32H52O4/c1-19(33)36-22-18-21-25-20(28(4,5)35)10-13-29(25,6)16-17-31(21,8)32(9)15-11-23-27(2,3)24(34)12-14-30(23,7)26(22)32/h20-23,25-26,35H,10-18H2,1-9H3/t20-,21-,22?,23+,25-,26-,29-,30+,31-,32-/m1/s1. The van der Waals surface area contributed by atoms with Gasteiger partial charge in [0.25, 0.3) is 0 Å². The minimum absolute atomic E-state index is 0.0232. The quantitative estimate of drug-likeness (QED) is 0.416. The first-order valence-electron chi connectivity index (χ1n) is 14.8. The second kappa shape index (κ2) is 7.82. The van der Waals surface area contributed by atoms with Crippen LogP contribution in [0.2, 0.25) is 0 Å². The molecular weight excluding hydrogens is 448 g/mol. The molecule has 10 atom stereocenters. The zero-order valence-electron chi connectivity index (χ0n) is 24.5. The van der Waals surface area contributed by atoms with Crippen molar-refractivity contribution in [3.8, 4) is 0 Å². The largest absolute Gasteiger partial charge is 0.462 e. The fourth-order valence-corrected chi connectivity index (χ4v) is 11.9. The van der Waals surface area contributed by atoms with E-state index in [0.717, 1.165) is 32.1 Å². The predicted octanol–water partition coefficient (Wildman–Crippen LogP) is 6.97. The molecule has 0 bridgehead atoms. The van der Waals surface area contributed by atoms with E-state index < -0.39 is 5.60 Å². The van der Waals surface area contributed by atoms with Crippen molar-refractivity contribution in [3.05, 3.63) is 0 Å². The lowest BCUT2D eigenvalue weighted by Crippen LogP contribution is -2.70. The van der Waals surface area contributed by atoms with Crippen LogP contribution in [0.1, 0.15) is 120 Å². The van der Waals surface area contributed by atoms with E-state index in [4.69, 9.17) is 4.74 Å². The Morgan fingerprint density at radius 2 is 1.61 bits per heavy atom. The lowest BCUT2D eigenvalue weighted by Gasteiger charge is -2.73. The average molecular weight is 501 g/mol. The number of rotatable bonds is 2. The van der Waals surface area contributed by atoms with Gasteiger partial charge in [-0.3, -0.25) is 9.59 Å². The van der Waals surface area contributed by atoms with Gasteiger partial charge >= 0.3 is 5.97 Å². The number of aliphatic hydroxyl groups is 1. The fraction of sp³-hybridized carbons (Fsp3) is 0.938. The van der Waals surface area contributed by atoms with Crippen LogP contribution in [0.15, 0.2) is 0 Å². The minimum atomic E-state index is -0.702. The molecule has 0 aromatic rings. The van der Waals surface area contributed by atoms with Gasteiger partial charge in [0.1, 0.15) is 11.9 Å². The summed E-state index contributed by atoms with van der Waals surface area (Å²) < 4.78 is 6.35. The van der Waals surface area contributed by atoms with Crippen LogP contribution in [0, 0.1) is 56.7 Å². The SMILES string of the molecule is CC(=O)OC1C[C@@H]2[C@H]3[C@H](C(C)(C)O)CC[C@]3(C)CC[C@@]2(C)[C@]2(C)CC[C@H]3C(C)(C)C(=O)CC[C@]3(C)[C@@H]12. The Labute approximate surface area is 219 Å². The smallest absolute Gasteiger partial charge is 0.302 e. The Hall–Kier alpha value is -0.900. The molecule has 0 amide bonds. The van der Waals surface area contributed by atoms with Crippen molar-refractivity contribution in [1.29, 1.82) is 0 Å². The predicted molar refractivity (Wildman–Crippen MR) is 142 cm³/mol. The van der Waals surface area contributed by atoms with E-state index >= 15 is 0 Å². The van der Waals surface area contributed by atoms with Crippen molar-refractivity contribution in [3.63, 3.8) is 0 Å². The number of hydrogen-bond acceptors (Lipinski definition) is 4. The Bertz CT molecular complexity index is 946. The first-order chi connectivity index (χ1) is 16.4. The number of fused-ring (bicyclic) bond motifs is 7. The number of carbonyl (C=O) groups excluding carboxylic acids is 2. The summed E-state index contributed by atoms with van der Waals surface area (Å²) in [5.74, 6) is 1.97. The summed E-state index contributed by atoms with van der Waals surface area (Å²) in [7, 11) is 0. The van der Waals surface area contributed by atoms with Crippen LogP contribution >= 0.6 is 0 Å². The lowest BCUT2D eigenvalue weighted by atomic mass is 9.31. The second-order valence-corrected chi connectivity index (χ2v) is 16.0. The molecule has 5 aliphatic rings. The Kier molecular flexibility index (Phi) is 5.80. The van der Waals surface area contributed by atoms with Gasteiger partial charge in [0.15, 0.2) is 0 Å². The summed E-state index contributed by atoms with van der Waals surface area (Å²) in [6.07, 6.45) is 9.22.